The van der Waals surface area contributed by atoms with Gasteiger partial charge in [0.15, 0.2) is 0 Å². The third-order valence-electron chi connectivity index (χ3n) is 3.99. The molecule has 1 heterocycles. The molecule has 130 valence electrons. The van der Waals surface area contributed by atoms with Crippen LogP contribution in [0.2, 0.25) is 0 Å². The van der Waals surface area contributed by atoms with Crippen LogP contribution in [0.15, 0.2) is 53.5 Å². The monoisotopic (exact) mass is 337 g/mol. The SMILES string of the molecule is CCCOC(=O)c1ccc(-c2ccccc2C2=NC(C)(C)CO2)cc1. The van der Waals surface area contributed by atoms with Gasteiger partial charge in [0, 0.05) is 5.56 Å². The van der Waals surface area contributed by atoms with Crippen molar-refractivity contribution in [2.75, 3.05) is 13.2 Å². The molecular formula is C21H23NO3. The molecule has 0 aromatic heterocycles. The molecule has 0 fully saturated rings. The topological polar surface area (TPSA) is 47.9 Å². The Labute approximate surface area is 148 Å². The van der Waals surface area contributed by atoms with E-state index in [4.69, 9.17) is 9.47 Å². The Balaban J connectivity index is 1.89. The molecule has 4 heteroatoms. The van der Waals surface area contributed by atoms with Crippen molar-refractivity contribution in [2.45, 2.75) is 32.7 Å². The summed E-state index contributed by atoms with van der Waals surface area (Å²) < 4.78 is 11.0. The lowest BCUT2D eigenvalue weighted by atomic mass is 9.98. The molecule has 0 saturated heterocycles. The van der Waals surface area contributed by atoms with Gasteiger partial charge in [-0.3, -0.25) is 0 Å². The number of hydrogen-bond donors (Lipinski definition) is 0. The molecule has 0 N–H and O–H groups in total. The van der Waals surface area contributed by atoms with Crippen molar-refractivity contribution in [3.63, 3.8) is 0 Å². The van der Waals surface area contributed by atoms with Gasteiger partial charge in [0.1, 0.15) is 6.61 Å². The summed E-state index contributed by atoms with van der Waals surface area (Å²) >= 11 is 0. The van der Waals surface area contributed by atoms with Gasteiger partial charge in [-0.05, 0) is 49.6 Å². The predicted molar refractivity (Wildman–Crippen MR) is 99.0 cm³/mol. The van der Waals surface area contributed by atoms with Crippen molar-refractivity contribution >= 4 is 11.9 Å². The number of carbonyl (C=O) groups excluding carboxylic acids is 1. The van der Waals surface area contributed by atoms with Crippen LogP contribution in [0.3, 0.4) is 0 Å². The maximum Gasteiger partial charge on any atom is 0.338 e. The van der Waals surface area contributed by atoms with Crippen LogP contribution in [-0.2, 0) is 9.47 Å². The number of benzene rings is 2. The number of aliphatic imine (C=N–C) groups is 1. The lowest BCUT2D eigenvalue weighted by Crippen LogP contribution is -2.17. The van der Waals surface area contributed by atoms with Crippen LogP contribution in [0, 0.1) is 0 Å². The molecule has 2 aromatic rings. The summed E-state index contributed by atoms with van der Waals surface area (Å²) in [5.74, 6) is 0.388. The summed E-state index contributed by atoms with van der Waals surface area (Å²) in [5.41, 5.74) is 3.38. The highest BCUT2D eigenvalue weighted by atomic mass is 16.5. The van der Waals surface area contributed by atoms with E-state index in [1.807, 2.05) is 43.3 Å². The maximum atomic E-state index is 11.9. The first-order chi connectivity index (χ1) is 12.0. The second-order valence-electron chi connectivity index (χ2n) is 6.78. The fourth-order valence-electron chi connectivity index (χ4n) is 2.71. The van der Waals surface area contributed by atoms with Crippen molar-refractivity contribution in [2.24, 2.45) is 4.99 Å². The van der Waals surface area contributed by atoms with Gasteiger partial charge in [0.2, 0.25) is 5.90 Å². The van der Waals surface area contributed by atoms with E-state index in [1.165, 1.54) is 0 Å². The number of esters is 1. The second kappa shape index (κ2) is 7.09. The molecule has 4 nitrogen and oxygen atoms in total. The van der Waals surface area contributed by atoms with E-state index < -0.39 is 0 Å². The minimum Gasteiger partial charge on any atom is -0.475 e. The van der Waals surface area contributed by atoms with Gasteiger partial charge in [0.25, 0.3) is 0 Å². The van der Waals surface area contributed by atoms with Crippen LogP contribution in [0.25, 0.3) is 11.1 Å². The molecule has 0 aliphatic carbocycles. The fourth-order valence-corrected chi connectivity index (χ4v) is 2.71. The van der Waals surface area contributed by atoms with Crippen molar-refractivity contribution in [1.82, 2.24) is 0 Å². The van der Waals surface area contributed by atoms with Crippen molar-refractivity contribution < 1.29 is 14.3 Å². The largest absolute Gasteiger partial charge is 0.475 e. The number of carbonyl (C=O) groups is 1. The zero-order valence-electron chi connectivity index (χ0n) is 14.9. The van der Waals surface area contributed by atoms with Crippen LogP contribution in [0.1, 0.15) is 43.1 Å². The third kappa shape index (κ3) is 3.90. The zero-order chi connectivity index (χ0) is 17.9. The highest BCUT2D eigenvalue weighted by Crippen LogP contribution is 2.28. The van der Waals surface area contributed by atoms with Crippen LogP contribution in [-0.4, -0.2) is 30.6 Å². The molecule has 25 heavy (non-hydrogen) atoms. The van der Waals surface area contributed by atoms with Gasteiger partial charge in [0.05, 0.1) is 17.7 Å². The quantitative estimate of drug-likeness (QED) is 0.756. The molecular weight excluding hydrogens is 314 g/mol. The number of hydrogen-bond acceptors (Lipinski definition) is 4. The van der Waals surface area contributed by atoms with Gasteiger partial charge in [-0.15, -0.1) is 0 Å². The average Bonchev–Trinajstić information content (AvgIpc) is 2.99. The van der Waals surface area contributed by atoms with Crippen LogP contribution < -0.4 is 0 Å². The van der Waals surface area contributed by atoms with E-state index >= 15 is 0 Å². The Bertz CT molecular complexity index is 791. The number of rotatable bonds is 5. The third-order valence-corrected chi connectivity index (χ3v) is 3.99. The molecule has 0 radical (unpaired) electrons. The van der Waals surface area contributed by atoms with Gasteiger partial charge in [-0.2, -0.15) is 0 Å². The number of ether oxygens (including phenoxy) is 2. The summed E-state index contributed by atoms with van der Waals surface area (Å²) in [5, 5.41) is 0. The summed E-state index contributed by atoms with van der Waals surface area (Å²) in [6, 6.07) is 15.5. The first kappa shape index (κ1) is 17.2. The molecule has 0 atom stereocenters. The molecule has 1 aliphatic rings. The highest BCUT2D eigenvalue weighted by Gasteiger charge is 2.28. The molecule has 2 aromatic carbocycles. The molecule has 0 saturated carbocycles. The zero-order valence-corrected chi connectivity index (χ0v) is 14.9. The second-order valence-corrected chi connectivity index (χ2v) is 6.78. The Hall–Kier alpha value is -2.62. The molecule has 1 aliphatic heterocycles. The normalized spacial score (nSPS) is 15.4. The molecule has 0 unspecified atom stereocenters. The van der Waals surface area contributed by atoms with E-state index in [0.717, 1.165) is 23.1 Å². The number of nitrogens with zero attached hydrogens (tertiary/aromatic N) is 1. The van der Waals surface area contributed by atoms with Crippen LogP contribution >= 0.6 is 0 Å². The highest BCUT2D eigenvalue weighted by molar-refractivity contribution is 6.02. The minimum absolute atomic E-state index is 0.199. The lowest BCUT2D eigenvalue weighted by Gasteiger charge is -2.10. The van der Waals surface area contributed by atoms with Gasteiger partial charge >= 0.3 is 5.97 Å². The van der Waals surface area contributed by atoms with E-state index in [2.05, 4.69) is 18.8 Å². The maximum absolute atomic E-state index is 11.9. The summed E-state index contributed by atoms with van der Waals surface area (Å²) in [6.45, 7) is 7.11. The van der Waals surface area contributed by atoms with Crippen LogP contribution in [0.5, 0.6) is 0 Å². The molecule has 0 bridgehead atoms. The first-order valence-electron chi connectivity index (χ1n) is 8.60. The molecule has 0 amide bonds. The predicted octanol–water partition coefficient (Wildman–Crippen LogP) is 4.48. The standard InChI is InChI=1S/C21H23NO3/c1-4-13-24-20(23)16-11-9-15(10-12-16)17-7-5-6-8-18(17)19-22-21(2,3)14-25-19/h5-12H,4,13-14H2,1-3H3. The van der Waals surface area contributed by atoms with Gasteiger partial charge in [-0.1, -0.05) is 37.3 Å². The smallest absolute Gasteiger partial charge is 0.338 e. The van der Waals surface area contributed by atoms with Crippen molar-refractivity contribution in [3.05, 3.63) is 59.7 Å². The summed E-state index contributed by atoms with van der Waals surface area (Å²) in [6.07, 6.45) is 0.815. The molecule has 0 spiro atoms. The molecule has 3 rings (SSSR count). The minimum atomic E-state index is -0.285. The van der Waals surface area contributed by atoms with E-state index in [9.17, 15) is 4.79 Å². The van der Waals surface area contributed by atoms with Crippen molar-refractivity contribution in [3.8, 4) is 11.1 Å². The fraction of sp³-hybridized carbons (Fsp3) is 0.333. The Morgan fingerprint density at radius 2 is 1.80 bits per heavy atom. The van der Waals surface area contributed by atoms with Crippen LogP contribution in [0.4, 0.5) is 0 Å². The Kier molecular flexibility index (Phi) is 4.88. The average molecular weight is 337 g/mol. The Morgan fingerprint density at radius 1 is 1.12 bits per heavy atom. The van der Waals surface area contributed by atoms with E-state index in [-0.39, 0.29) is 11.5 Å². The van der Waals surface area contributed by atoms with Gasteiger partial charge in [-0.25, -0.2) is 9.79 Å². The lowest BCUT2D eigenvalue weighted by molar-refractivity contribution is 0.0505. The Morgan fingerprint density at radius 3 is 2.40 bits per heavy atom. The van der Waals surface area contributed by atoms with Crippen molar-refractivity contribution in [1.29, 1.82) is 0 Å². The van der Waals surface area contributed by atoms with Gasteiger partial charge < -0.3 is 9.47 Å². The first-order valence-corrected chi connectivity index (χ1v) is 8.60. The van der Waals surface area contributed by atoms with E-state index in [1.54, 1.807) is 12.1 Å². The summed E-state index contributed by atoms with van der Waals surface area (Å²) in [4.78, 5) is 16.6. The summed E-state index contributed by atoms with van der Waals surface area (Å²) in [7, 11) is 0. The van der Waals surface area contributed by atoms with E-state index in [0.29, 0.717) is 24.7 Å².